The van der Waals surface area contributed by atoms with Gasteiger partial charge in [-0.3, -0.25) is 0 Å². The summed E-state index contributed by atoms with van der Waals surface area (Å²) in [5.74, 6) is 0. The molecule has 0 amide bonds. The van der Waals surface area contributed by atoms with Gasteiger partial charge in [0.25, 0.3) is 0 Å². The van der Waals surface area contributed by atoms with Gasteiger partial charge in [-0.05, 0) is 36.2 Å². The monoisotopic (exact) mass is 244 g/mol. The molecule has 0 aliphatic heterocycles. The first-order chi connectivity index (χ1) is 10.1. The Balaban J connectivity index is 2.21. The van der Waals surface area contributed by atoms with E-state index in [0.717, 1.165) is 5.56 Å². The van der Waals surface area contributed by atoms with Crippen molar-refractivity contribution in [3.8, 4) is 0 Å². The van der Waals surface area contributed by atoms with Gasteiger partial charge in [0.1, 0.15) is 12.7 Å². The molecule has 3 rings (SSSR count). The molecule has 0 atom stereocenters. The van der Waals surface area contributed by atoms with E-state index in [1.807, 2.05) is 0 Å². The summed E-state index contributed by atoms with van der Waals surface area (Å²) in [4.78, 5) is 6.85. The van der Waals surface area contributed by atoms with Gasteiger partial charge in [-0.25, -0.2) is 9.67 Å². The predicted octanol–water partition coefficient (Wildman–Crippen LogP) is 1.31. The number of aromatic amines is 1. The van der Waals surface area contributed by atoms with Crippen LogP contribution in [0, 0.1) is 0 Å². The van der Waals surface area contributed by atoms with Gasteiger partial charge in [-0.1, -0.05) is 6.04 Å². The molecule has 0 fully saturated rings. The summed E-state index contributed by atoms with van der Waals surface area (Å²) in [5.41, 5.74) is 7.50. The third-order valence-corrected chi connectivity index (χ3v) is 2.78. The second-order valence-corrected chi connectivity index (χ2v) is 4.05. The molecule has 3 N–H and O–H groups in total. The Morgan fingerprint density at radius 1 is 1.44 bits per heavy atom. The number of hydrogen-bond donors (Lipinski definition) is 2. The van der Waals surface area contributed by atoms with Gasteiger partial charge in [0, 0.05) is 17.1 Å². The molecule has 5 nitrogen and oxygen atoms in total. The maximum atomic E-state index is 8.39. The molecule has 0 aliphatic carbocycles. The van der Waals surface area contributed by atoms with Crippen molar-refractivity contribution in [1.82, 2.24) is 19.7 Å². The molecule has 0 bridgehead atoms. The highest BCUT2D eigenvalue weighted by atomic mass is 15.3. The maximum absolute atomic E-state index is 8.39. The lowest BCUT2D eigenvalue weighted by molar-refractivity contribution is 0.685. The van der Waals surface area contributed by atoms with E-state index in [2.05, 4.69) is 15.1 Å². The van der Waals surface area contributed by atoms with E-state index in [9.17, 15) is 0 Å². The average Bonchev–Trinajstić information content (AvgIpc) is 3.11. The fourth-order valence-electron chi connectivity index (χ4n) is 1.93. The summed E-state index contributed by atoms with van der Waals surface area (Å²) in [6.45, 7) is 0.730. The van der Waals surface area contributed by atoms with Gasteiger partial charge in [0.2, 0.25) is 0 Å². The van der Waals surface area contributed by atoms with Crippen LogP contribution >= 0.6 is 0 Å². The first-order valence-electron chi connectivity index (χ1n) is 7.24. The van der Waals surface area contributed by atoms with Gasteiger partial charge < -0.3 is 10.7 Å². The summed E-state index contributed by atoms with van der Waals surface area (Å²) in [6, 6.07) is 0.398. The molecule has 18 heavy (non-hydrogen) atoms. The molecular weight excluding hydrogens is 226 g/mol. The molecule has 0 saturated carbocycles. The van der Waals surface area contributed by atoms with Crippen molar-refractivity contribution in [3.05, 3.63) is 48.1 Å². The minimum atomic E-state index is 0.0455. The lowest BCUT2D eigenvalue weighted by Gasteiger charge is -2.03. The van der Waals surface area contributed by atoms with Crippen molar-refractivity contribution in [1.29, 1.82) is 0 Å². The molecule has 0 radical (unpaired) electrons. The number of nitrogens with zero attached hydrogens (tertiary/aromatic N) is 3. The van der Waals surface area contributed by atoms with E-state index in [1.54, 1.807) is 10.9 Å². The Kier molecular flexibility index (Phi) is 2.07. The number of nitrogens with two attached hydrogens (primary N) is 1. The Morgan fingerprint density at radius 2 is 2.39 bits per heavy atom. The molecule has 0 aliphatic rings. The molecule has 92 valence electrons. The Morgan fingerprint density at radius 3 is 3.17 bits per heavy atom. The highest BCUT2D eigenvalue weighted by Gasteiger charge is 2.04. The number of benzene rings is 1. The zero-order valence-corrected chi connectivity index (χ0v) is 9.77. The van der Waals surface area contributed by atoms with E-state index in [0.29, 0.717) is 29.4 Å². The minimum absolute atomic E-state index is 0.0455. The molecule has 5 heteroatoms. The normalized spacial score (nSPS) is 13.5. The zero-order valence-electron chi connectivity index (χ0n) is 12.8. The summed E-state index contributed by atoms with van der Waals surface area (Å²) in [5, 5.41) is 4.68. The van der Waals surface area contributed by atoms with Crippen LogP contribution in [-0.4, -0.2) is 26.3 Å². The summed E-state index contributed by atoms with van der Waals surface area (Å²) in [7, 11) is 0. The highest BCUT2D eigenvalue weighted by Crippen LogP contribution is 2.20. The molecule has 2 heterocycles. The van der Waals surface area contributed by atoms with Crippen LogP contribution in [0.15, 0.2) is 37.0 Å². The van der Waals surface area contributed by atoms with Crippen molar-refractivity contribution in [2.75, 3.05) is 6.54 Å². The summed E-state index contributed by atoms with van der Waals surface area (Å²) >= 11 is 0. The maximum Gasteiger partial charge on any atom is 0.137 e. The fourth-order valence-corrected chi connectivity index (χ4v) is 1.93. The smallest absolute Gasteiger partial charge is 0.137 e. The van der Waals surface area contributed by atoms with E-state index in [-0.39, 0.29) is 24.7 Å². The van der Waals surface area contributed by atoms with Gasteiger partial charge in [0.05, 0.1) is 10.7 Å². The van der Waals surface area contributed by atoms with Crippen molar-refractivity contribution in [2.24, 2.45) is 5.73 Å². The molecule has 0 saturated heterocycles. The standard InChI is InChI=1S/C13H15N5/c14-4-3-11-6-16-13-2-1-10(5-12(11)13)7-18-9-15-8-17-18/h1-2,5-6,8-9,16H,3-4,7,14H2/i1D,2D,5D. The minimum Gasteiger partial charge on any atom is -0.361 e. The van der Waals surface area contributed by atoms with Crippen LogP contribution in [0.3, 0.4) is 0 Å². The van der Waals surface area contributed by atoms with E-state index in [4.69, 9.17) is 9.85 Å². The molecule has 0 spiro atoms. The molecule has 1 aromatic carbocycles. The largest absolute Gasteiger partial charge is 0.361 e. The van der Waals surface area contributed by atoms with Crippen molar-refractivity contribution in [2.45, 2.75) is 13.0 Å². The second kappa shape index (κ2) is 4.62. The fraction of sp³-hybridized carbons (Fsp3) is 0.231. The number of fused-ring (bicyclic) bond motifs is 1. The van der Waals surface area contributed by atoms with Gasteiger partial charge in [-0.15, -0.1) is 0 Å². The molecule has 0 unspecified atom stereocenters. The van der Waals surface area contributed by atoms with Crippen LogP contribution in [0.1, 0.15) is 15.2 Å². The summed E-state index contributed by atoms with van der Waals surface area (Å²) in [6.07, 6.45) is 5.34. The highest BCUT2D eigenvalue weighted by molar-refractivity contribution is 5.83. The van der Waals surface area contributed by atoms with Crippen molar-refractivity contribution < 1.29 is 4.11 Å². The lowest BCUT2D eigenvalue weighted by atomic mass is 10.1. The molecule has 2 aromatic heterocycles. The number of H-pyrrole nitrogens is 1. The lowest BCUT2D eigenvalue weighted by Crippen LogP contribution is -2.02. The van der Waals surface area contributed by atoms with Crippen LogP contribution in [0.25, 0.3) is 10.9 Å². The first-order valence-corrected chi connectivity index (χ1v) is 5.74. The SMILES string of the molecule is [2H]c1c(Cn2cncn2)c([2H])c2c(CCN)c[nH]c2c1[2H]. The second-order valence-electron chi connectivity index (χ2n) is 4.05. The van der Waals surface area contributed by atoms with E-state index in [1.165, 1.54) is 12.7 Å². The number of hydrogen-bond acceptors (Lipinski definition) is 3. The third-order valence-electron chi connectivity index (χ3n) is 2.78. The quantitative estimate of drug-likeness (QED) is 0.726. The van der Waals surface area contributed by atoms with E-state index < -0.39 is 0 Å². The Bertz CT molecular complexity index is 779. The number of rotatable bonds is 4. The van der Waals surface area contributed by atoms with Crippen LogP contribution in [0.5, 0.6) is 0 Å². The van der Waals surface area contributed by atoms with Crippen LogP contribution in [0.4, 0.5) is 0 Å². The van der Waals surface area contributed by atoms with Crippen molar-refractivity contribution >= 4 is 10.9 Å². The first kappa shape index (κ1) is 8.05. The molecule has 3 aromatic rings. The van der Waals surface area contributed by atoms with E-state index >= 15 is 0 Å². The van der Waals surface area contributed by atoms with Crippen molar-refractivity contribution in [3.63, 3.8) is 0 Å². The van der Waals surface area contributed by atoms with Gasteiger partial charge in [-0.2, -0.15) is 5.10 Å². The van der Waals surface area contributed by atoms with Gasteiger partial charge >= 0.3 is 0 Å². The topological polar surface area (TPSA) is 72.5 Å². The average molecular weight is 244 g/mol. The predicted molar refractivity (Wildman–Crippen MR) is 70.2 cm³/mol. The summed E-state index contributed by atoms with van der Waals surface area (Å²) < 4.78 is 26.2. The van der Waals surface area contributed by atoms with Crippen LogP contribution in [-0.2, 0) is 13.0 Å². The van der Waals surface area contributed by atoms with Crippen LogP contribution < -0.4 is 5.73 Å². The Hall–Kier alpha value is -2.14. The zero-order chi connectivity index (χ0) is 15.0. The number of aromatic nitrogens is 4. The van der Waals surface area contributed by atoms with Crippen LogP contribution in [0.2, 0.25) is 0 Å². The third kappa shape index (κ3) is 2.00. The molecular formula is C13H15N5. The van der Waals surface area contributed by atoms with Gasteiger partial charge in [0.15, 0.2) is 0 Å². The Labute approximate surface area is 109 Å². The number of nitrogens with one attached hydrogen (secondary N) is 1.